The molecule has 3 heteroatoms. The second kappa shape index (κ2) is 3.70. The summed E-state index contributed by atoms with van der Waals surface area (Å²) in [4.78, 5) is 9.14. The Bertz CT molecular complexity index is 683. The van der Waals surface area contributed by atoms with Gasteiger partial charge in [-0.2, -0.15) is 0 Å². The Morgan fingerprint density at radius 3 is 2.53 bits per heavy atom. The first kappa shape index (κ1) is 10.0. The smallest absolute Gasteiger partial charge is 0.159 e. The highest BCUT2D eigenvalue weighted by atomic mass is 15.1. The molecule has 0 saturated heterocycles. The minimum atomic E-state index is 0.912. The predicted molar refractivity (Wildman–Crippen MR) is 68.7 cm³/mol. The lowest BCUT2D eigenvalue weighted by atomic mass is 10.3. The van der Waals surface area contributed by atoms with Gasteiger partial charge < -0.3 is 4.57 Å². The van der Waals surface area contributed by atoms with Crippen molar-refractivity contribution in [3.8, 4) is 11.5 Å². The van der Waals surface area contributed by atoms with Gasteiger partial charge in [-0.25, -0.2) is 9.97 Å². The molecule has 0 aliphatic heterocycles. The van der Waals surface area contributed by atoms with E-state index in [-0.39, 0.29) is 0 Å². The number of fused-ring (bicyclic) bond motifs is 1. The maximum absolute atomic E-state index is 4.62. The van der Waals surface area contributed by atoms with Crippen LogP contribution in [0.4, 0.5) is 0 Å². The molecule has 17 heavy (non-hydrogen) atoms. The second-order valence-corrected chi connectivity index (χ2v) is 4.15. The van der Waals surface area contributed by atoms with E-state index < -0.39 is 0 Å². The van der Waals surface area contributed by atoms with Gasteiger partial charge in [-0.3, -0.25) is 0 Å². The molecule has 0 aliphatic rings. The summed E-state index contributed by atoms with van der Waals surface area (Å²) in [6.07, 6.45) is 0. The number of benzene rings is 1. The molecule has 0 fully saturated rings. The molecule has 0 amide bonds. The SMILES string of the molecule is Cc1cccc(-c2nc3ccccc3n2C)n1. The third-order valence-corrected chi connectivity index (χ3v) is 2.90. The van der Waals surface area contributed by atoms with E-state index >= 15 is 0 Å². The largest absolute Gasteiger partial charge is 0.326 e. The standard InChI is InChI=1S/C14H13N3/c1-10-6-5-8-12(15-10)14-16-11-7-3-4-9-13(11)17(14)2/h3-9H,1-2H3. The van der Waals surface area contributed by atoms with Gasteiger partial charge in [-0.1, -0.05) is 18.2 Å². The topological polar surface area (TPSA) is 30.7 Å². The fourth-order valence-electron chi connectivity index (χ4n) is 2.04. The monoisotopic (exact) mass is 223 g/mol. The molecule has 0 unspecified atom stereocenters. The number of imidazole rings is 1. The minimum Gasteiger partial charge on any atom is -0.326 e. The van der Waals surface area contributed by atoms with Gasteiger partial charge in [0.25, 0.3) is 0 Å². The maximum atomic E-state index is 4.62. The lowest BCUT2D eigenvalue weighted by molar-refractivity contribution is 0.947. The van der Waals surface area contributed by atoms with E-state index in [4.69, 9.17) is 0 Å². The highest BCUT2D eigenvalue weighted by Crippen LogP contribution is 2.21. The maximum Gasteiger partial charge on any atom is 0.159 e. The molecule has 0 saturated carbocycles. The quantitative estimate of drug-likeness (QED) is 0.635. The zero-order valence-electron chi connectivity index (χ0n) is 9.88. The highest BCUT2D eigenvalue weighted by Gasteiger charge is 2.09. The normalized spacial score (nSPS) is 10.9. The van der Waals surface area contributed by atoms with E-state index in [2.05, 4.69) is 20.6 Å². The van der Waals surface area contributed by atoms with Gasteiger partial charge >= 0.3 is 0 Å². The molecule has 0 atom stereocenters. The summed E-state index contributed by atoms with van der Waals surface area (Å²) >= 11 is 0. The fraction of sp³-hybridized carbons (Fsp3) is 0.143. The number of rotatable bonds is 1. The molecule has 2 heterocycles. The van der Waals surface area contributed by atoms with Crippen molar-refractivity contribution in [1.29, 1.82) is 0 Å². The molecule has 3 aromatic rings. The Morgan fingerprint density at radius 1 is 0.941 bits per heavy atom. The lowest BCUT2D eigenvalue weighted by Crippen LogP contribution is -1.95. The van der Waals surface area contributed by atoms with Crippen LogP contribution in [0.2, 0.25) is 0 Å². The molecule has 0 spiro atoms. The third kappa shape index (κ3) is 1.60. The Morgan fingerprint density at radius 2 is 1.76 bits per heavy atom. The molecule has 3 nitrogen and oxygen atoms in total. The molecule has 2 aromatic heterocycles. The van der Waals surface area contributed by atoms with Crippen molar-refractivity contribution in [2.75, 3.05) is 0 Å². The molecular formula is C14H13N3. The van der Waals surface area contributed by atoms with Crippen molar-refractivity contribution in [1.82, 2.24) is 14.5 Å². The molecule has 0 radical (unpaired) electrons. The first-order chi connectivity index (χ1) is 8.25. The van der Waals surface area contributed by atoms with Gasteiger partial charge in [0, 0.05) is 12.7 Å². The zero-order chi connectivity index (χ0) is 11.8. The number of pyridine rings is 1. The molecule has 0 bridgehead atoms. The van der Waals surface area contributed by atoms with Crippen LogP contribution in [0.5, 0.6) is 0 Å². The summed E-state index contributed by atoms with van der Waals surface area (Å²) in [6.45, 7) is 1.99. The number of hydrogen-bond donors (Lipinski definition) is 0. The van der Waals surface area contributed by atoms with Gasteiger partial charge in [0.1, 0.15) is 5.69 Å². The van der Waals surface area contributed by atoms with E-state index in [9.17, 15) is 0 Å². The van der Waals surface area contributed by atoms with E-state index in [1.807, 2.05) is 50.4 Å². The van der Waals surface area contributed by atoms with Crippen molar-refractivity contribution in [3.63, 3.8) is 0 Å². The van der Waals surface area contributed by atoms with Crippen LogP contribution in [0.15, 0.2) is 42.5 Å². The van der Waals surface area contributed by atoms with Gasteiger partial charge in [0.05, 0.1) is 11.0 Å². The van der Waals surface area contributed by atoms with E-state index in [1.165, 1.54) is 0 Å². The lowest BCUT2D eigenvalue weighted by Gasteiger charge is -2.02. The molecular weight excluding hydrogens is 210 g/mol. The van der Waals surface area contributed by atoms with Crippen molar-refractivity contribution in [2.24, 2.45) is 7.05 Å². The average molecular weight is 223 g/mol. The summed E-state index contributed by atoms with van der Waals surface area (Å²) < 4.78 is 2.08. The second-order valence-electron chi connectivity index (χ2n) is 4.15. The minimum absolute atomic E-state index is 0.912. The van der Waals surface area contributed by atoms with Crippen molar-refractivity contribution in [3.05, 3.63) is 48.2 Å². The van der Waals surface area contributed by atoms with Gasteiger partial charge in [0.2, 0.25) is 0 Å². The van der Waals surface area contributed by atoms with Crippen LogP contribution in [0.1, 0.15) is 5.69 Å². The summed E-state index contributed by atoms with van der Waals surface area (Å²) in [5, 5.41) is 0. The van der Waals surface area contributed by atoms with Crippen LogP contribution >= 0.6 is 0 Å². The molecule has 84 valence electrons. The fourth-order valence-corrected chi connectivity index (χ4v) is 2.04. The third-order valence-electron chi connectivity index (χ3n) is 2.90. The Labute approximate surface area is 99.8 Å². The van der Waals surface area contributed by atoms with Crippen molar-refractivity contribution in [2.45, 2.75) is 6.92 Å². The van der Waals surface area contributed by atoms with E-state index in [0.29, 0.717) is 0 Å². The highest BCUT2D eigenvalue weighted by molar-refractivity contribution is 5.79. The van der Waals surface area contributed by atoms with Crippen LogP contribution in [0.25, 0.3) is 22.6 Å². The van der Waals surface area contributed by atoms with Crippen molar-refractivity contribution >= 4 is 11.0 Å². The van der Waals surface area contributed by atoms with Crippen LogP contribution in [-0.2, 0) is 7.05 Å². The van der Waals surface area contributed by atoms with Crippen LogP contribution in [0.3, 0.4) is 0 Å². The summed E-state index contributed by atoms with van der Waals surface area (Å²) in [6, 6.07) is 14.1. The molecule has 0 aliphatic carbocycles. The zero-order valence-corrected chi connectivity index (χ0v) is 9.88. The number of aryl methyl sites for hydroxylation is 2. The number of para-hydroxylation sites is 2. The number of aromatic nitrogens is 3. The molecule has 1 aromatic carbocycles. The van der Waals surface area contributed by atoms with Gasteiger partial charge in [-0.05, 0) is 31.2 Å². The number of hydrogen-bond acceptors (Lipinski definition) is 2. The first-order valence-corrected chi connectivity index (χ1v) is 5.61. The summed E-state index contributed by atoms with van der Waals surface area (Å²) in [5.74, 6) is 0.912. The molecule has 0 N–H and O–H groups in total. The first-order valence-electron chi connectivity index (χ1n) is 5.61. The van der Waals surface area contributed by atoms with Crippen molar-refractivity contribution < 1.29 is 0 Å². The Balaban J connectivity index is 2.27. The number of nitrogens with zero attached hydrogens (tertiary/aromatic N) is 3. The van der Waals surface area contributed by atoms with Gasteiger partial charge in [-0.15, -0.1) is 0 Å². The van der Waals surface area contributed by atoms with E-state index in [0.717, 1.165) is 28.2 Å². The van der Waals surface area contributed by atoms with Crippen LogP contribution in [0, 0.1) is 6.92 Å². The predicted octanol–water partition coefficient (Wildman–Crippen LogP) is 2.94. The molecule has 3 rings (SSSR count). The Hall–Kier alpha value is -2.16. The van der Waals surface area contributed by atoms with E-state index in [1.54, 1.807) is 0 Å². The van der Waals surface area contributed by atoms with Crippen LogP contribution in [-0.4, -0.2) is 14.5 Å². The summed E-state index contributed by atoms with van der Waals surface area (Å²) in [5.41, 5.74) is 4.07. The summed E-state index contributed by atoms with van der Waals surface area (Å²) in [7, 11) is 2.02. The average Bonchev–Trinajstić information content (AvgIpc) is 2.68. The van der Waals surface area contributed by atoms with Crippen LogP contribution < -0.4 is 0 Å². The Kier molecular flexibility index (Phi) is 2.18. The van der Waals surface area contributed by atoms with Gasteiger partial charge in [0.15, 0.2) is 5.82 Å².